The van der Waals surface area contributed by atoms with E-state index < -0.39 is 0 Å². The summed E-state index contributed by atoms with van der Waals surface area (Å²) < 4.78 is 5.44. The van der Waals surface area contributed by atoms with E-state index in [0.717, 1.165) is 6.42 Å². The first-order chi connectivity index (χ1) is 6.93. The molecule has 0 saturated heterocycles. The van der Waals surface area contributed by atoms with Crippen molar-refractivity contribution in [1.29, 1.82) is 0 Å². The molecule has 0 atom stereocenters. The van der Waals surface area contributed by atoms with E-state index in [9.17, 15) is 0 Å². The molecule has 0 spiro atoms. The zero-order chi connectivity index (χ0) is 11.5. The highest BCUT2D eigenvalue weighted by Crippen LogP contribution is 2.23. The van der Waals surface area contributed by atoms with E-state index in [1.54, 1.807) is 6.07 Å². The summed E-state index contributed by atoms with van der Waals surface area (Å²) in [5, 5.41) is 0.432. The first-order valence-electron chi connectivity index (χ1n) is 5.11. The fraction of sp³-hybridized carbons (Fsp3) is 0.636. The average molecular weight is 229 g/mol. The molecule has 0 saturated carbocycles. The molecule has 0 aliphatic heterocycles. The fourth-order valence-corrected chi connectivity index (χ4v) is 1.19. The Labute approximate surface area is 95.8 Å². The molecule has 1 rings (SSSR count). The van der Waals surface area contributed by atoms with Crippen LogP contribution in [0, 0.1) is 0 Å². The summed E-state index contributed by atoms with van der Waals surface area (Å²) in [5.41, 5.74) is -0.116. The van der Waals surface area contributed by atoms with Crippen LogP contribution in [0.2, 0.25) is 5.15 Å². The van der Waals surface area contributed by atoms with Crippen LogP contribution in [0.5, 0.6) is 5.88 Å². The highest BCUT2D eigenvalue weighted by molar-refractivity contribution is 6.29. The van der Waals surface area contributed by atoms with Gasteiger partial charge in [0.1, 0.15) is 11.0 Å². The molecule has 0 aliphatic rings. The normalized spacial score (nSPS) is 11.5. The van der Waals surface area contributed by atoms with Gasteiger partial charge in [0.15, 0.2) is 0 Å². The van der Waals surface area contributed by atoms with Gasteiger partial charge in [0.2, 0.25) is 5.88 Å². The maximum atomic E-state index is 5.90. The summed E-state index contributed by atoms with van der Waals surface area (Å²) in [6.45, 7) is 8.83. The summed E-state index contributed by atoms with van der Waals surface area (Å²) >= 11 is 5.90. The minimum atomic E-state index is -0.116. The maximum absolute atomic E-state index is 5.90. The third kappa shape index (κ3) is 3.67. The lowest BCUT2D eigenvalue weighted by Crippen LogP contribution is -2.16. The van der Waals surface area contributed by atoms with Crippen LogP contribution < -0.4 is 4.74 Å². The first kappa shape index (κ1) is 12.2. The lowest BCUT2D eigenvalue weighted by Gasteiger charge is -2.17. The number of hydrogen-bond donors (Lipinski definition) is 0. The van der Waals surface area contributed by atoms with Gasteiger partial charge in [-0.2, -0.15) is 4.98 Å². The second kappa shape index (κ2) is 4.79. The molecule has 4 heteroatoms. The summed E-state index contributed by atoms with van der Waals surface area (Å²) in [5.74, 6) is 1.27. The first-order valence-corrected chi connectivity index (χ1v) is 5.49. The Hall–Kier alpha value is -0.830. The summed E-state index contributed by atoms with van der Waals surface area (Å²) in [6, 6.07) is 1.65. The van der Waals surface area contributed by atoms with Gasteiger partial charge in [-0.05, 0) is 6.42 Å². The van der Waals surface area contributed by atoms with Crippen LogP contribution in [0.1, 0.15) is 39.9 Å². The summed E-state index contributed by atoms with van der Waals surface area (Å²) in [6.07, 6.45) is 0.951. The van der Waals surface area contributed by atoms with Crippen molar-refractivity contribution in [3.05, 3.63) is 17.0 Å². The number of halogens is 1. The summed E-state index contributed by atoms with van der Waals surface area (Å²) in [4.78, 5) is 8.51. The lowest BCUT2D eigenvalue weighted by atomic mass is 9.96. The van der Waals surface area contributed by atoms with Crippen LogP contribution in [0.4, 0.5) is 0 Å². The SMILES string of the molecule is CCCOc1cc(Cl)nc(C(C)(C)C)n1. The van der Waals surface area contributed by atoms with Crippen molar-refractivity contribution < 1.29 is 4.74 Å². The second-order valence-corrected chi connectivity index (χ2v) is 4.84. The Morgan fingerprint density at radius 2 is 2.00 bits per heavy atom. The minimum Gasteiger partial charge on any atom is -0.478 e. The van der Waals surface area contributed by atoms with Crippen LogP contribution in [-0.4, -0.2) is 16.6 Å². The second-order valence-electron chi connectivity index (χ2n) is 4.45. The topological polar surface area (TPSA) is 35.0 Å². The van der Waals surface area contributed by atoms with Crippen molar-refractivity contribution in [1.82, 2.24) is 9.97 Å². The monoisotopic (exact) mass is 228 g/mol. The largest absolute Gasteiger partial charge is 0.478 e. The Balaban J connectivity index is 2.95. The van der Waals surface area contributed by atoms with E-state index >= 15 is 0 Å². The van der Waals surface area contributed by atoms with Crippen LogP contribution in [0.3, 0.4) is 0 Å². The van der Waals surface area contributed by atoms with E-state index in [4.69, 9.17) is 16.3 Å². The van der Waals surface area contributed by atoms with E-state index in [2.05, 4.69) is 9.97 Å². The van der Waals surface area contributed by atoms with Crippen LogP contribution >= 0.6 is 11.6 Å². The van der Waals surface area contributed by atoms with Crippen molar-refractivity contribution in [2.24, 2.45) is 0 Å². The molecule has 1 aromatic rings. The highest BCUT2D eigenvalue weighted by atomic mass is 35.5. The molecular formula is C11H17ClN2O. The smallest absolute Gasteiger partial charge is 0.218 e. The van der Waals surface area contributed by atoms with Gasteiger partial charge in [-0.1, -0.05) is 39.3 Å². The van der Waals surface area contributed by atoms with Gasteiger partial charge in [-0.15, -0.1) is 0 Å². The van der Waals surface area contributed by atoms with Gasteiger partial charge < -0.3 is 4.74 Å². The molecule has 84 valence electrons. The zero-order valence-corrected chi connectivity index (χ0v) is 10.4. The molecule has 0 fully saturated rings. The predicted molar refractivity (Wildman–Crippen MR) is 61.5 cm³/mol. The maximum Gasteiger partial charge on any atom is 0.218 e. The minimum absolute atomic E-state index is 0.116. The van der Waals surface area contributed by atoms with Crippen molar-refractivity contribution >= 4 is 11.6 Å². The molecule has 1 heterocycles. The van der Waals surface area contributed by atoms with Gasteiger partial charge in [0.25, 0.3) is 0 Å². The van der Waals surface area contributed by atoms with Crippen LogP contribution in [-0.2, 0) is 5.41 Å². The molecule has 0 amide bonds. The molecule has 0 bridgehead atoms. The highest BCUT2D eigenvalue weighted by Gasteiger charge is 2.19. The lowest BCUT2D eigenvalue weighted by molar-refractivity contribution is 0.301. The van der Waals surface area contributed by atoms with Crippen molar-refractivity contribution in [3.8, 4) is 5.88 Å². The molecule has 0 aliphatic carbocycles. The van der Waals surface area contributed by atoms with Crippen molar-refractivity contribution in [3.63, 3.8) is 0 Å². The molecule has 0 unspecified atom stereocenters. The van der Waals surface area contributed by atoms with Crippen LogP contribution in [0.15, 0.2) is 6.07 Å². The van der Waals surface area contributed by atoms with Crippen LogP contribution in [0.25, 0.3) is 0 Å². The number of ether oxygens (including phenoxy) is 1. The zero-order valence-electron chi connectivity index (χ0n) is 9.67. The van der Waals surface area contributed by atoms with Crippen molar-refractivity contribution in [2.75, 3.05) is 6.61 Å². The van der Waals surface area contributed by atoms with E-state index in [1.807, 2.05) is 27.7 Å². The average Bonchev–Trinajstić information content (AvgIpc) is 2.12. The van der Waals surface area contributed by atoms with E-state index in [0.29, 0.717) is 23.5 Å². The number of rotatable bonds is 3. The van der Waals surface area contributed by atoms with E-state index in [1.165, 1.54) is 0 Å². The Morgan fingerprint density at radius 1 is 1.33 bits per heavy atom. The molecule has 0 radical (unpaired) electrons. The van der Waals surface area contributed by atoms with Gasteiger partial charge in [0, 0.05) is 11.5 Å². The fourth-order valence-electron chi connectivity index (χ4n) is 1.01. The molecule has 15 heavy (non-hydrogen) atoms. The molecular weight excluding hydrogens is 212 g/mol. The Kier molecular flexibility index (Phi) is 3.91. The quantitative estimate of drug-likeness (QED) is 0.746. The Morgan fingerprint density at radius 3 is 2.53 bits per heavy atom. The van der Waals surface area contributed by atoms with Gasteiger partial charge in [-0.3, -0.25) is 0 Å². The number of hydrogen-bond acceptors (Lipinski definition) is 3. The molecule has 0 N–H and O–H groups in total. The van der Waals surface area contributed by atoms with E-state index in [-0.39, 0.29) is 5.41 Å². The van der Waals surface area contributed by atoms with Gasteiger partial charge >= 0.3 is 0 Å². The van der Waals surface area contributed by atoms with Gasteiger partial charge in [0.05, 0.1) is 6.61 Å². The number of aromatic nitrogens is 2. The molecule has 1 aromatic heterocycles. The molecule has 3 nitrogen and oxygen atoms in total. The predicted octanol–water partition coefficient (Wildman–Crippen LogP) is 3.22. The number of nitrogens with zero attached hydrogens (tertiary/aromatic N) is 2. The standard InChI is InChI=1S/C11H17ClN2O/c1-5-6-15-9-7-8(12)13-10(14-9)11(2,3)4/h7H,5-6H2,1-4H3. The van der Waals surface area contributed by atoms with Gasteiger partial charge in [-0.25, -0.2) is 4.98 Å². The Bertz CT molecular complexity index is 334. The van der Waals surface area contributed by atoms with Crippen molar-refractivity contribution in [2.45, 2.75) is 39.5 Å². The molecule has 0 aromatic carbocycles. The summed E-state index contributed by atoms with van der Waals surface area (Å²) in [7, 11) is 0. The third-order valence-electron chi connectivity index (χ3n) is 1.80. The third-order valence-corrected chi connectivity index (χ3v) is 1.99.